The highest BCUT2D eigenvalue weighted by molar-refractivity contribution is 7.93. The van der Waals surface area contributed by atoms with Crippen LogP contribution in [-0.2, 0) is 10.0 Å². The highest BCUT2D eigenvalue weighted by atomic mass is 32.2. The number of rotatable bonds is 10. The molecule has 2 N–H and O–H groups in total. The van der Waals surface area contributed by atoms with Crippen LogP contribution in [0.15, 0.2) is 47.1 Å². The summed E-state index contributed by atoms with van der Waals surface area (Å²) in [5, 5.41) is 17.6. The quantitative estimate of drug-likeness (QED) is 0.309. The van der Waals surface area contributed by atoms with E-state index in [1.165, 1.54) is 45.2 Å². The maximum atomic E-state index is 13.4. The number of aliphatic hydroxyl groups is 1. The van der Waals surface area contributed by atoms with Crippen LogP contribution in [0.2, 0.25) is 0 Å². The first-order valence-corrected chi connectivity index (χ1v) is 12.5. The fraction of sp³-hybridized carbons (Fsp3) is 0.304. The van der Waals surface area contributed by atoms with E-state index in [0.717, 1.165) is 0 Å². The van der Waals surface area contributed by atoms with E-state index in [0.29, 0.717) is 28.7 Å². The fourth-order valence-electron chi connectivity index (χ4n) is 3.54. The highest BCUT2D eigenvalue weighted by Crippen LogP contribution is 2.38. The van der Waals surface area contributed by atoms with Crippen LogP contribution >= 0.6 is 0 Å². The summed E-state index contributed by atoms with van der Waals surface area (Å²) in [5.41, 5.74) is 0.395. The number of hydrogen-bond donors (Lipinski definition) is 2. The molecule has 1 aromatic carbocycles. The summed E-state index contributed by atoms with van der Waals surface area (Å²) in [6.07, 6.45) is 1.03. The Kier molecular flexibility index (Phi) is 7.31. The Bertz CT molecular complexity index is 1460. The van der Waals surface area contributed by atoms with Gasteiger partial charge in [-0.25, -0.2) is 13.4 Å². The zero-order valence-corrected chi connectivity index (χ0v) is 21.6. The van der Waals surface area contributed by atoms with Gasteiger partial charge in [-0.3, -0.25) is 14.3 Å². The Labute approximate surface area is 213 Å². The number of aryl methyl sites for hydroxylation is 1. The van der Waals surface area contributed by atoms with E-state index in [4.69, 9.17) is 18.6 Å². The zero-order chi connectivity index (χ0) is 26.7. The molecule has 4 rings (SSSR count). The minimum Gasteiger partial charge on any atom is -0.494 e. The Morgan fingerprint density at radius 2 is 1.70 bits per heavy atom. The molecular weight excluding hydrogens is 504 g/mol. The molecule has 14 heteroatoms. The number of sulfonamides is 1. The van der Waals surface area contributed by atoms with Crippen molar-refractivity contribution in [3.05, 3.63) is 54.2 Å². The summed E-state index contributed by atoms with van der Waals surface area (Å²) in [7, 11) is 0.114. The average Bonchev–Trinajstić information content (AvgIpc) is 3.52. The van der Waals surface area contributed by atoms with E-state index in [1.807, 2.05) is 0 Å². The Morgan fingerprint density at radius 3 is 2.24 bits per heavy atom. The number of benzene rings is 1. The van der Waals surface area contributed by atoms with Crippen molar-refractivity contribution in [2.24, 2.45) is 0 Å². The van der Waals surface area contributed by atoms with Crippen molar-refractivity contribution < 1.29 is 32.2 Å². The van der Waals surface area contributed by atoms with E-state index in [2.05, 4.69) is 24.9 Å². The van der Waals surface area contributed by atoms with Gasteiger partial charge in [-0.2, -0.15) is 0 Å². The lowest BCUT2D eigenvalue weighted by atomic mass is 10.2. The number of nitrogens with zero attached hydrogens (tertiary/aromatic N) is 5. The maximum absolute atomic E-state index is 13.4. The van der Waals surface area contributed by atoms with Crippen molar-refractivity contribution in [1.29, 1.82) is 0 Å². The molecule has 13 nitrogen and oxygen atoms in total. The van der Waals surface area contributed by atoms with E-state index < -0.39 is 21.4 Å². The molecule has 3 aromatic heterocycles. The van der Waals surface area contributed by atoms with Gasteiger partial charge in [-0.05, 0) is 38.1 Å². The molecule has 0 bridgehead atoms. The van der Waals surface area contributed by atoms with Gasteiger partial charge < -0.3 is 23.7 Å². The Balaban J connectivity index is 1.79. The molecule has 3 heterocycles. The number of methoxy groups -OCH3 is 3. The largest absolute Gasteiger partial charge is 0.494 e. The Hall–Kier alpha value is -4.17. The van der Waals surface area contributed by atoms with Crippen LogP contribution in [0.5, 0.6) is 17.4 Å². The van der Waals surface area contributed by atoms with Crippen LogP contribution in [0.1, 0.15) is 24.5 Å². The zero-order valence-electron chi connectivity index (χ0n) is 20.7. The van der Waals surface area contributed by atoms with Crippen molar-refractivity contribution in [3.63, 3.8) is 0 Å². The van der Waals surface area contributed by atoms with Crippen LogP contribution in [0, 0.1) is 6.92 Å². The number of hydrogen-bond acceptors (Lipinski definition) is 11. The van der Waals surface area contributed by atoms with Gasteiger partial charge in [0, 0.05) is 0 Å². The maximum Gasteiger partial charge on any atom is 0.243 e. The number of aliphatic hydroxyl groups excluding tert-OH is 1. The third-order valence-corrected chi connectivity index (χ3v) is 7.28. The molecule has 4 aromatic rings. The van der Waals surface area contributed by atoms with Crippen molar-refractivity contribution in [2.45, 2.75) is 25.2 Å². The third-order valence-electron chi connectivity index (χ3n) is 5.58. The number of para-hydroxylation sites is 1. The first kappa shape index (κ1) is 25.9. The summed E-state index contributed by atoms with van der Waals surface area (Å²) in [5.74, 6) is 1.94. The van der Waals surface area contributed by atoms with Gasteiger partial charge in [0.2, 0.25) is 27.7 Å². The highest BCUT2D eigenvalue weighted by Gasteiger charge is 2.33. The van der Waals surface area contributed by atoms with Crippen LogP contribution in [0.4, 0.5) is 5.95 Å². The van der Waals surface area contributed by atoms with Gasteiger partial charge in [0.05, 0.1) is 39.4 Å². The Morgan fingerprint density at radius 1 is 1.00 bits per heavy atom. The summed E-state index contributed by atoms with van der Waals surface area (Å²) in [4.78, 5) is 8.01. The van der Waals surface area contributed by atoms with Gasteiger partial charge in [0.15, 0.2) is 5.76 Å². The summed E-state index contributed by atoms with van der Waals surface area (Å²) in [6.45, 7) is 3.10. The molecule has 0 saturated carbocycles. The van der Waals surface area contributed by atoms with Crippen molar-refractivity contribution in [3.8, 4) is 34.7 Å². The molecule has 0 aliphatic heterocycles. The molecule has 0 fully saturated rings. The lowest BCUT2D eigenvalue weighted by Crippen LogP contribution is -2.32. The fourth-order valence-corrected chi connectivity index (χ4v) is 4.59. The van der Waals surface area contributed by atoms with Gasteiger partial charge in [-0.1, -0.05) is 6.07 Å². The molecule has 0 aliphatic rings. The van der Waals surface area contributed by atoms with E-state index in [9.17, 15) is 13.5 Å². The standard InChI is InChI=1S/C23H26N6O7S/c1-13-9-10-18(36-13)22-26-27-23(29(22)20-16(33-3)7-6-8-17(20)34-4)28-37(31,32)14(2)21(30)15-11-25-19(35-5)12-24-15/h6-12,14,21,30H,1-5H3,(H,27,28)/t14-,21-/m1/s1. The van der Waals surface area contributed by atoms with Gasteiger partial charge in [-0.15, -0.1) is 10.2 Å². The first-order valence-electron chi connectivity index (χ1n) is 11.0. The molecule has 0 unspecified atom stereocenters. The number of anilines is 1. The minimum atomic E-state index is -4.24. The average molecular weight is 531 g/mol. The normalized spacial score (nSPS) is 13.1. The van der Waals surface area contributed by atoms with E-state index in [1.54, 1.807) is 37.3 Å². The summed E-state index contributed by atoms with van der Waals surface area (Å²) >= 11 is 0. The number of ether oxygens (including phenoxy) is 3. The smallest absolute Gasteiger partial charge is 0.243 e. The van der Waals surface area contributed by atoms with Crippen molar-refractivity contribution in [1.82, 2.24) is 24.7 Å². The van der Waals surface area contributed by atoms with Crippen LogP contribution in [0.25, 0.3) is 17.3 Å². The van der Waals surface area contributed by atoms with Gasteiger partial charge in [0.1, 0.15) is 34.3 Å². The molecular formula is C23H26N6O7S. The number of furan rings is 1. The molecule has 0 spiro atoms. The second-order valence-electron chi connectivity index (χ2n) is 7.88. The van der Waals surface area contributed by atoms with Crippen molar-refractivity contribution in [2.75, 3.05) is 26.1 Å². The number of nitrogens with one attached hydrogen (secondary N) is 1. The molecule has 0 saturated heterocycles. The van der Waals surface area contributed by atoms with Crippen LogP contribution in [-0.4, -0.2) is 64.8 Å². The monoisotopic (exact) mass is 530 g/mol. The first-order chi connectivity index (χ1) is 17.7. The minimum absolute atomic E-state index is 0.0540. The predicted octanol–water partition coefficient (Wildman–Crippen LogP) is 2.52. The SMILES string of the molecule is COc1cnc([C@H](O)[C@@H](C)S(=O)(=O)Nc2nnc(-c3ccc(C)o3)n2-c2c(OC)cccc2OC)cn1. The molecule has 196 valence electrons. The van der Waals surface area contributed by atoms with E-state index >= 15 is 0 Å². The molecule has 2 atom stereocenters. The van der Waals surface area contributed by atoms with Crippen LogP contribution in [0.3, 0.4) is 0 Å². The molecule has 0 radical (unpaired) electrons. The molecule has 37 heavy (non-hydrogen) atoms. The van der Waals surface area contributed by atoms with Gasteiger partial charge in [0.25, 0.3) is 0 Å². The third kappa shape index (κ3) is 5.06. The topological polar surface area (TPSA) is 164 Å². The molecule has 0 aliphatic carbocycles. The lowest BCUT2D eigenvalue weighted by molar-refractivity contribution is 0.170. The van der Waals surface area contributed by atoms with Crippen LogP contribution < -0.4 is 18.9 Å². The van der Waals surface area contributed by atoms with E-state index in [-0.39, 0.29) is 23.3 Å². The second-order valence-corrected chi connectivity index (χ2v) is 9.92. The predicted molar refractivity (Wildman–Crippen MR) is 132 cm³/mol. The second kappa shape index (κ2) is 10.4. The molecule has 0 amide bonds. The van der Waals surface area contributed by atoms with Gasteiger partial charge >= 0.3 is 0 Å². The van der Waals surface area contributed by atoms with Crippen molar-refractivity contribution >= 4 is 16.0 Å². The lowest BCUT2D eigenvalue weighted by Gasteiger charge is -2.21. The number of aromatic nitrogens is 5. The summed E-state index contributed by atoms with van der Waals surface area (Å²) < 4.78 is 52.3. The summed E-state index contributed by atoms with van der Waals surface area (Å²) in [6, 6.07) is 8.52.